The SMILES string of the molecule is c1ccc([Si]2(c3ccccc3)c3ccccc3-c3ccc4ccccc4c32)cc1. The van der Waals surface area contributed by atoms with Crippen LogP contribution in [0.25, 0.3) is 21.9 Å². The predicted octanol–water partition coefficient (Wildman–Crippen LogP) is 4.20. The Bertz CT molecular complexity index is 1300. The first-order valence-electron chi connectivity index (χ1n) is 10.1. The van der Waals surface area contributed by atoms with E-state index >= 15 is 0 Å². The van der Waals surface area contributed by atoms with Gasteiger partial charge in [-0.05, 0) is 42.6 Å². The van der Waals surface area contributed by atoms with Crippen molar-refractivity contribution in [1.82, 2.24) is 0 Å². The topological polar surface area (TPSA) is 0 Å². The fraction of sp³-hybridized carbons (Fsp3) is 0. The van der Waals surface area contributed by atoms with Crippen molar-refractivity contribution in [3.8, 4) is 11.1 Å². The Morgan fingerprint density at radius 2 is 1.00 bits per heavy atom. The van der Waals surface area contributed by atoms with Gasteiger partial charge in [0, 0.05) is 0 Å². The van der Waals surface area contributed by atoms with Gasteiger partial charge < -0.3 is 0 Å². The van der Waals surface area contributed by atoms with E-state index in [1.165, 1.54) is 42.6 Å². The van der Waals surface area contributed by atoms with E-state index in [1.807, 2.05) is 0 Å². The van der Waals surface area contributed by atoms with Crippen LogP contribution < -0.4 is 20.7 Å². The molecule has 1 aliphatic rings. The molecule has 0 nitrogen and oxygen atoms in total. The molecular weight excluding hydrogens is 364 g/mol. The van der Waals surface area contributed by atoms with Crippen LogP contribution in [0.2, 0.25) is 0 Å². The maximum atomic E-state index is 2.37. The maximum absolute atomic E-state index is 2.39. The van der Waals surface area contributed by atoms with Gasteiger partial charge in [0.05, 0.1) is 0 Å². The van der Waals surface area contributed by atoms with Crippen molar-refractivity contribution in [3.05, 3.63) is 121 Å². The van der Waals surface area contributed by atoms with Gasteiger partial charge in [-0.1, -0.05) is 121 Å². The fourth-order valence-corrected chi connectivity index (χ4v) is 10.6. The van der Waals surface area contributed by atoms with Crippen molar-refractivity contribution in [1.29, 1.82) is 0 Å². The molecule has 5 aromatic rings. The third-order valence-corrected chi connectivity index (χ3v) is 11.3. The van der Waals surface area contributed by atoms with E-state index in [0.717, 1.165) is 0 Å². The normalized spacial score (nSPS) is 13.8. The van der Waals surface area contributed by atoms with Crippen LogP contribution in [0.1, 0.15) is 0 Å². The van der Waals surface area contributed by atoms with Crippen molar-refractivity contribution in [3.63, 3.8) is 0 Å². The van der Waals surface area contributed by atoms with Crippen LogP contribution >= 0.6 is 0 Å². The number of hydrogen-bond acceptors (Lipinski definition) is 0. The second-order valence-electron chi connectivity index (χ2n) is 7.74. The average molecular weight is 385 g/mol. The molecule has 0 amide bonds. The van der Waals surface area contributed by atoms with E-state index in [2.05, 4.69) is 121 Å². The largest absolute Gasteiger partial charge is 0.181 e. The molecule has 0 fully saturated rings. The molecule has 0 bridgehead atoms. The second-order valence-corrected chi connectivity index (χ2v) is 11.4. The molecule has 0 aliphatic carbocycles. The molecule has 0 saturated carbocycles. The molecule has 0 unspecified atom stereocenters. The highest BCUT2D eigenvalue weighted by Crippen LogP contribution is 2.32. The van der Waals surface area contributed by atoms with Crippen LogP contribution in [0, 0.1) is 0 Å². The molecule has 0 N–H and O–H groups in total. The lowest BCUT2D eigenvalue weighted by atomic mass is 10.0. The first-order chi connectivity index (χ1) is 14.4. The van der Waals surface area contributed by atoms with Gasteiger partial charge in [-0.15, -0.1) is 0 Å². The van der Waals surface area contributed by atoms with Crippen molar-refractivity contribution in [2.24, 2.45) is 0 Å². The Morgan fingerprint density at radius 3 is 1.72 bits per heavy atom. The molecule has 29 heavy (non-hydrogen) atoms. The van der Waals surface area contributed by atoms with E-state index in [9.17, 15) is 0 Å². The van der Waals surface area contributed by atoms with E-state index < -0.39 is 8.07 Å². The zero-order valence-corrected chi connectivity index (χ0v) is 17.0. The Labute approximate surface area is 172 Å². The summed E-state index contributed by atoms with van der Waals surface area (Å²) in [6.07, 6.45) is 0. The average Bonchev–Trinajstić information content (AvgIpc) is 3.12. The van der Waals surface area contributed by atoms with Gasteiger partial charge in [-0.3, -0.25) is 0 Å². The Balaban J connectivity index is 1.88. The lowest BCUT2D eigenvalue weighted by Crippen LogP contribution is -2.72. The quantitative estimate of drug-likeness (QED) is 0.393. The zero-order chi connectivity index (χ0) is 19.3. The molecule has 0 aromatic heterocycles. The molecular formula is C28H20Si. The summed E-state index contributed by atoms with van der Waals surface area (Å²) < 4.78 is 0. The molecule has 1 heterocycles. The lowest BCUT2D eigenvalue weighted by molar-refractivity contribution is 1.70. The van der Waals surface area contributed by atoms with E-state index in [1.54, 1.807) is 0 Å². The maximum Gasteiger partial charge on any atom is 0.181 e. The summed E-state index contributed by atoms with van der Waals surface area (Å²) in [5, 5.41) is 8.66. The fourth-order valence-electron chi connectivity index (χ4n) is 5.22. The van der Waals surface area contributed by atoms with Gasteiger partial charge in [0.25, 0.3) is 0 Å². The lowest BCUT2D eigenvalue weighted by Gasteiger charge is -2.32. The number of benzene rings is 5. The molecule has 0 saturated heterocycles. The van der Waals surface area contributed by atoms with E-state index in [0.29, 0.717) is 0 Å². The molecule has 0 spiro atoms. The monoisotopic (exact) mass is 384 g/mol. The third-order valence-electron chi connectivity index (χ3n) is 6.34. The van der Waals surface area contributed by atoms with Gasteiger partial charge in [0.15, 0.2) is 8.07 Å². The van der Waals surface area contributed by atoms with Gasteiger partial charge in [0.2, 0.25) is 0 Å². The summed E-state index contributed by atoms with van der Waals surface area (Å²) in [5.74, 6) is 0. The first-order valence-corrected chi connectivity index (χ1v) is 12.1. The molecule has 1 heteroatoms. The van der Waals surface area contributed by atoms with E-state index in [-0.39, 0.29) is 0 Å². The zero-order valence-electron chi connectivity index (χ0n) is 16.0. The second kappa shape index (κ2) is 6.30. The highest BCUT2D eigenvalue weighted by molar-refractivity contribution is 7.23. The van der Waals surface area contributed by atoms with Crippen LogP contribution in [0.15, 0.2) is 121 Å². The number of rotatable bonds is 2. The molecule has 1 aliphatic heterocycles. The van der Waals surface area contributed by atoms with Crippen LogP contribution in [0.5, 0.6) is 0 Å². The molecule has 5 aromatic carbocycles. The summed E-state index contributed by atoms with van der Waals surface area (Å²) in [5.41, 5.74) is 2.80. The van der Waals surface area contributed by atoms with E-state index in [4.69, 9.17) is 0 Å². The van der Waals surface area contributed by atoms with Crippen molar-refractivity contribution in [2.75, 3.05) is 0 Å². The standard InChI is InChI=1S/C28H20Si/c1-3-12-22(13-4-1)29(23-14-5-2-6-15-23)27-18-10-9-17-25(27)26-20-19-21-11-7-8-16-24(21)28(26)29/h1-20H. The van der Waals surface area contributed by atoms with Crippen molar-refractivity contribution >= 4 is 39.6 Å². The van der Waals surface area contributed by atoms with Gasteiger partial charge >= 0.3 is 0 Å². The summed E-state index contributed by atoms with van der Waals surface area (Å²) in [6, 6.07) is 45.0. The summed E-state index contributed by atoms with van der Waals surface area (Å²) in [6.45, 7) is 0. The summed E-state index contributed by atoms with van der Waals surface area (Å²) in [7, 11) is -2.39. The molecule has 136 valence electrons. The van der Waals surface area contributed by atoms with Crippen LogP contribution in [-0.4, -0.2) is 8.07 Å². The third kappa shape index (κ3) is 2.19. The predicted molar refractivity (Wildman–Crippen MR) is 127 cm³/mol. The number of hydrogen-bond donors (Lipinski definition) is 0. The highest BCUT2D eigenvalue weighted by Gasteiger charge is 2.49. The minimum absolute atomic E-state index is 1.32. The van der Waals surface area contributed by atoms with Crippen LogP contribution in [0.3, 0.4) is 0 Å². The van der Waals surface area contributed by atoms with Crippen molar-refractivity contribution < 1.29 is 0 Å². The Kier molecular flexibility index (Phi) is 3.59. The minimum Gasteiger partial charge on any atom is -0.0623 e. The van der Waals surface area contributed by atoms with Crippen LogP contribution in [-0.2, 0) is 0 Å². The van der Waals surface area contributed by atoms with Gasteiger partial charge in [-0.25, -0.2) is 0 Å². The molecule has 0 atom stereocenters. The van der Waals surface area contributed by atoms with Crippen molar-refractivity contribution in [2.45, 2.75) is 0 Å². The highest BCUT2D eigenvalue weighted by atomic mass is 28.3. The number of fused-ring (bicyclic) bond motifs is 5. The molecule has 0 radical (unpaired) electrons. The van der Waals surface area contributed by atoms with Gasteiger partial charge in [0.1, 0.15) is 0 Å². The Morgan fingerprint density at radius 1 is 0.414 bits per heavy atom. The van der Waals surface area contributed by atoms with Crippen LogP contribution in [0.4, 0.5) is 0 Å². The summed E-state index contributed by atoms with van der Waals surface area (Å²) in [4.78, 5) is 0. The smallest absolute Gasteiger partial charge is 0.0623 e. The van der Waals surface area contributed by atoms with Gasteiger partial charge in [-0.2, -0.15) is 0 Å². The summed E-state index contributed by atoms with van der Waals surface area (Å²) >= 11 is 0. The molecule has 6 rings (SSSR count). The Hall–Kier alpha value is -3.42. The minimum atomic E-state index is -2.39. The first kappa shape index (κ1) is 16.5.